The fourth-order valence-corrected chi connectivity index (χ4v) is 1.23. The van der Waals surface area contributed by atoms with Crippen molar-refractivity contribution in [2.24, 2.45) is 5.73 Å². The number of carbonyl (C=O) groups is 1. The van der Waals surface area contributed by atoms with Gasteiger partial charge in [-0.15, -0.1) is 0 Å². The number of benzene rings is 1. The quantitative estimate of drug-likeness (QED) is 0.802. The van der Waals surface area contributed by atoms with Crippen molar-refractivity contribution in [2.75, 3.05) is 6.54 Å². The number of halogens is 1. The summed E-state index contributed by atoms with van der Waals surface area (Å²) in [5.41, 5.74) is 7.17. The lowest BCUT2D eigenvalue weighted by Gasteiger charge is -2.02. The summed E-state index contributed by atoms with van der Waals surface area (Å²) in [5.74, 6) is 0.0433. The monoisotopic (exact) mass is 197 g/mol. The number of ketones is 1. The zero-order valence-corrected chi connectivity index (χ0v) is 8.27. The van der Waals surface area contributed by atoms with Crippen LogP contribution in [0.2, 0.25) is 5.02 Å². The minimum atomic E-state index is 0.0433. The summed E-state index contributed by atoms with van der Waals surface area (Å²) in [6.07, 6.45) is 0.397. The summed E-state index contributed by atoms with van der Waals surface area (Å²) in [4.78, 5) is 11.0. The summed E-state index contributed by atoms with van der Waals surface area (Å²) < 4.78 is 0. The molecule has 3 heteroatoms. The molecule has 0 spiro atoms. The fourth-order valence-electron chi connectivity index (χ4n) is 1.12. The Kier molecular flexibility index (Phi) is 3.46. The van der Waals surface area contributed by atoms with Crippen LogP contribution in [0.4, 0.5) is 0 Å². The van der Waals surface area contributed by atoms with Crippen molar-refractivity contribution in [1.82, 2.24) is 0 Å². The predicted octanol–water partition coefficient (Wildman–Crippen LogP) is 1.72. The zero-order valence-electron chi connectivity index (χ0n) is 7.51. The number of rotatable bonds is 3. The van der Waals surface area contributed by atoms with E-state index in [0.717, 1.165) is 16.1 Å². The first kappa shape index (κ1) is 10.2. The molecule has 0 radical (unpaired) electrons. The van der Waals surface area contributed by atoms with Crippen LogP contribution < -0.4 is 5.73 Å². The van der Waals surface area contributed by atoms with Crippen molar-refractivity contribution in [3.63, 3.8) is 0 Å². The highest BCUT2D eigenvalue weighted by Gasteiger charge is 2.02. The van der Waals surface area contributed by atoms with Crippen molar-refractivity contribution in [2.45, 2.75) is 13.3 Å². The normalized spacial score (nSPS) is 10.1. The SMILES string of the molecule is Cc1cc(CC(=O)CN)ccc1Cl. The Morgan fingerprint density at radius 2 is 2.23 bits per heavy atom. The molecule has 0 aromatic heterocycles. The van der Waals surface area contributed by atoms with Crippen LogP contribution in [-0.4, -0.2) is 12.3 Å². The second-order valence-corrected chi connectivity index (χ2v) is 3.41. The molecule has 0 atom stereocenters. The molecule has 70 valence electrons. The van der Waals surface area contributed by atoms with Gasteiger partial charge in [0.15, 0.2) is 5.78 Å². The van der Waals surface area contributed by atoms with E-state index < -0.39 is 0 Å². The molecule has 0 saturated heterocycles. The topological polar surface area (TPSA) is 43.1 Å². The van der Waals surface area contributed by atoms with Crippen molar-refractivity contribution in [3.05, 3.63) is 34.3 Å². The van der Waals surface area contributed by atoms with Gasteiger partial charge < -0.3 is 5.73 Å². The summed E-state index contributed by atoms with van der Waals surface area (Å²) in [7, 11) is 0. The molecule has 0 unspecified atom stereocenters. The number of nitrogens with two attached hydrogens (primary N) is 1. The zero-order chi connectivity index (χ0) is 9.84. The molecular weight excluding hydrogens is 186 g/mol. The maximum atomic E-state index is 11.0. The number of Topliss-reactive ketones (excluding diaryl/α,β-unsaturated/α-hetero) is 1. The van der Waals surface area contributed by atoms with E-state index in [9.17, 15) is 4.79 Å². The van der Waals surface area contributed by atoms with E-state index in [4.69, 9.17) is 17.3 Å². The summed E-state index contributed by atoms with van der Waals surface area (Å²) in [6.45, 7) is 2.01. The van der Waals surface area contributed by atoms with E-state index >= 15 is 0 Å². The lowest BCUT2D eigenvalue weighted by atomic mass is 10.1. The van der Waals surface area contributed by atoms with Gasteiger partial charge in [0.25, 0.3) is 0 Å². The van der Waals surface area contributed by atoms with Crippen molar-refractivity contribution in [1.29, 1.82) is 0 Å². The Hall–Kier alpha value is -0.860. The second-order valence-electron chi connectivity index (χ2n) is 3.00. The first-order valence-electron chi connectivity index (χ1n) is 4.10. The highest BCUT2D eigenvalue weighted by Crippen LogP contribution is 2.16. The Morgan fingerprint density at radius 3 is 2.77 bits per heavy atom. The third-order valence-corrected chi connectivity index (χ3v) is 2.28. The van der Waals surface area contributed by atoms with E-state index in [1.165, 1.54) is 0 Å². The van der Waals surface area contributed by atoms with Gasteiger partial charge in [-0.05, 0) is 24.1 Å². The molecule has 0 bridgehead atoms. The van der Waals surface area contributed by atoms with Gasteiger partial charge >= 0.3 is 0 Å². The first-order valence-corrected chi connectivity index (χ1v) is 4.48. The molecule has 1 aromatic rings. The molecule has 0 aliphatic heterocycles. The molecule has 0 aliphatic carbocycles. The standard InChI is InChI=1S/C10H12ClNO/c1-7-4-8(2-3-10(7)11)5-9(13)6-12/h2-4H,5-6,12H2,1H3. The smallest absolute Gasteiger partial charge is 0.150 e. The Labute approximate surface area is 82.7 Å². The van der Waals surface area contributed by atoms with E-state index in [-0.39, 0.29) is 12.3 Å². The van der Waals surface area contributed by atoms with Crippen molar-refractivity contribution >= 4 is 17.4 Å². The molecule has 0 saturated carbocycles. The van der Waals surface area contributed by atoms with Gasteiger partial charge in [0, 0.05) is 11.4 Å². The lowest BCUT2D eigenvalue weighted by molar-refractivity contribution is -0.117. The number of aryl methyl sites for hydroxylation is 1. The van der Waals surface area contributed by atoms with Gasteiger partial charge in [-0.1, -0.05) is 23.7 Å². The minimum Gasteiger partial charge on any atom is -0.324 e. The predicted molar refractivity (Wildman–Crippen MR) is 54.0 cm³/mol. The van der Waals surface area contributed by atoms with Gasteiger partial charge in [-0.25, -0.2) is 0 Å². The molecule has 13 heavy (non-hydrogen) atoms. The first-order chi connectivity index (χ1) is 6.13. The molecule has 1 rings (SSSR count). The van der Waals surface area contributed by atoms with Crippen LogP contribution >= 0.6 is 11.6 Å². The maximum Gasteiger partial charge on any atom is 0.150 e. The number of hydrogen-bond acceptors (Lipinski definition) is 2. The summed E-state index contributed by atoms with van der Waals surface area (Å²) in [6, 6.07) is 5.56. The molecule has 2 nitrogen and oxygen atoms in total. The average Bonchev–Trinajstić information content (AvgIpc) is 2.11. The highest BCUT2D eigenvalue weighted by atomic mass is 35.5. The summed E-state index contributed by atoms with van der Waals surface area (Å²) >= 11 is 5.84. The molecule has 2 N–H and O–H groups in total. The van der Waals surface area contributed by atoms with E-state index in [2.05, 4.69) is 0 Å². The summed E-state index contributed by atoms with van der Waals surface area (Å²) in [5, 5.41) is 0.726. The molecular formula is C10H12ClNO. The minimum absolute atomic E-state index is 0.0433. The molecule has 0 aliphatic rings. The van der Waals surface area contributed by atoms with Gasteiger partial charge in [0.1, 0.15) is 0 Å². The largest absolute Gasteiger partial charge is 0.324 e. The Balaban J connectivity index is 2.79. The molecule has 0 amide bonds. The van der Waals surface area contributed by atoms with Gasteiger partial charge in [0.05, 0.1) is 6.54 Å². The number of carbonyl (C=O) groups excluding carboxylic acids is 1. The van der Waals surface area contributed by atoms with Crippen LogP contribution in [0.3, 0.4) is 0 Å². The van der Waals surface area contributed by atoms with Crippen LogP contribution in [0.5, 0.6) is 0 Å². The third-order valence-electron chi connectivity index (χ3n) is 1.85. The van der Waals surface area contributed by atoms with Crippen LogP contribution in [0.1, 0.15) is 11.1 Å². The third kappa shape index (κ3) is 2.83. The van der Waals surface area contributed by atoms with Crippen molar-refractivity contribution in [3.8, 4) is 0 Å². The van der Waals surface area contributed by atoms with Crippen molar-refractivity contribution < 1.29 is 4.79 Å². The molecule has 0 heterocycles. The van der Waals surface area contributed by atoms with Crippen LogP contribution in [0.25, 0.3) is 0 Å². The maximum absolute atomic E-state index is 11.0. The van der Waals surface area contributed by atoms with E-state index in [1.54, 1.807) is 6.07 Å². The number of hydrogen-bond donors (Lipinski definition) is 1. The Bertz CT molecular complexity index is 323. The average molecular weight is 198 g/mol. The fraction of sp³-hybridized carbons (Fsp3) is 0.300. The van der Waals surface area contributed by atoms with Crippen LogP contribution in [0.15, 0.2) is 18.2 Å². The van der Waals surface area contributed by atoms with Gasteiger partial charge in [-0.2, -0.15) is 0 Å². The van der Waals surface area contributed by atoms with E-state index in [0.29, 0.717) is 6.42 Å². The van der Waals surface area contributed by atoms with Gasteiger partial charge in [-0.3, -0.25) is 4.79 Å². The van der Waals surface area contributed by atoms with Crippen LogP contribution in [-0.2, 0) is 11.2 Å². The van der Waals surface area contributed by atoms with Crippen LogP contribution in [0, 0.1) is 6.92 Å². The Morgan fingerprint density at radius 1 is 1.54 bits per heavy atom. The van der Waals surface area contributed by atoms with E-state index in [1.807, 2.05) is 19.1 Å². The van der Waals surface area contributed by atoms with Gasteiger partial charge in [0.2, 0.25) is 0 Å². The highest BCUT2D eigenvalue weighted by molar-refractivity contribution is 6.31. The lowest BCUT2D eigenvalue weighted by Crippen LogP contribution is -2.15. The second kappa shape index (κ2) is 4.40. The molecule has 0 fully saturated rings. The molecule has 1 aromatic carbocycles.